The van der Waals surface area contributed by atoms with Gasteiger partial charge in [-0.05, 0) is 56.7 Å². The smallest absolute Gasteiger partial charge is 0.264 e. The quantitative estimate of drug-likeness (QED) is 0.589. The van der Waals surface area contributed by atoms with Gasteiger partial charge in [0.1, 0.15) is 6.54 Å². The van der Waals surface area contributed by atoms with Crippen molar-refractivity contribution in [3.05, 3.63) is 89.5 Å². The third-order valence-corrected chi connectivity index (χ3v) is 6.80. The second-order valence-electron chi connectivity index (χ2n) is 7.40. The molecule has 0 aliphatic heterocycles. The van der Waals surface area contributed by atoms with Gasteiger partial charge in [-0.1, -0.05) is 53.6 Å². The number of hydrogen-bond acceptors (Lipinski definition) is 3. The number of nitrogens with zero attached hydrogens (tertiary/aromatic N) is 2. The molecule has 1 amide bonds. The van der Waals surface area contributed by atoms with Gasteiger partial charge in [-0.15, -0.1) is 0 Å². The van der Waals surface area contributed by atoms with E-state index >= 15 is 0 Å². The fraction of sp³-hybridized carbons (Fsp3) is 0.208. The topological polar surface area (TPSA) is 57.7 Å². The Labute approximate surface area is 178 Å². The average molecular weight is 423 g/mol. The van der Waals surface area contributed by atoms with Gasteiger partial charge in [-0.25, -0.2) is 8.42 Å². The van der Waals surface area contributed by atoms with Crippen LogP contribution in [-0.2, 0) is 14.8 Å². The molecule has 5 nitrogen and oxygen atoms in total. The SMILES string of the molecule is Cc1ccc(S(=O)(=O)N(CC(=O)N(C)c2ccccc2)c2ccc(C)cc2C)cc1. The normalized spacial score (nSPS) is 11.2. The van der Waals surface area contributed by atoms with Crippen LogP contribution in [0.1, 0.15) is 16.7 Å². The Morgan fingerprint density at radius 3 is 2.03 bits per heavy atom. The van der Waals surface area contributed by atoms with E-state index < -0.39 is 10.0 Å². The number of para-hydroxylation sites is 1. The predicted octanol–water partition coefficient (Wildman–Crippen LogP) is 4.47. The molecule has 0 unspecified atom stereocenters. The van der Waals surface area contributed by atoms with E-state index in [4.69, 9.17) is 0 Å². The van der Waals surface area contributed by atoms with E-state index in [0.717, 1.165) is 16.7 Å². The molecular formula is C24H26N2O3S. The van der Waals surface area contributed by atoms with Gasteiger partial charge >= 0.3 is 0 Å². The molecule has 0 atom stereocenters. The number of amides is 1. The van der Waals surface area contributed by atoms with Crippen molar-refractivity contribution >= 4 is 27.3 Å². The number of likely N-dealkylation sites (N-methyl/N-ethyl adjacent to an activating group) is 1. The predicted molar refractivity (Wildman–Crippen MR) is 121 cm³/mol. The highest BCUT2D eigenvalue weighted by Crippen LogP contribution is 2.28. The third-order valence-electron chi connectivity index (χ3n) is 5.03. The molecule has 3 aromatic carbocycles. The summed E-state index contributed by atoms with van der Waals surface area (Å²) < 4.78 is 28.3. The Bertz CT molecular complexity index is 1140. The van der Waals surface area contributed by atoms with Gasteiger partial charge in [0.2, 0.25) is 5.91 Å². The number of benzene rings is 3. The maximum atomic E-state index is 13.5. The van der Waals surface area contributed by atoms with E-state index in [9.17, 15) is 13.2 Å². The van der Waals surface area contributed by atoms with Crippen molar-refractivity contribution in [3.8, 4) is 0 Å². The summed E-state index contributed by atoms with van der Waals surface area (Å²) in [6.07, 6.45) is 0. The van der Waals surface area contributed by atoms with E-state index in [0.29, 0.717) is 11.4 Å². The highest BCUT2D eigenvalue weighted by atomic mass is 32.2. The van der Waals surface area contributed by atoms with Crippen LogP contribution in [0.3, 0.4) is 0 Å². The van der Waals surface area contributed by atoms with Gasteiger partial charge in [0.15, 0.2) is 0 Å². The molecule has 0 N–H and O–H groups in total. The molecule has 3 aromatic rings. The molecule has 0 saturated carbocycles. The van der Waals surface area contributed by atoms with Gasteiger partial charge in [-0.2, -0.15) is 0 Å². The molecule has 0 spiro atoms. The minimum Gasteiger partial charge on any atom is -0.314 e. The minimum atomic E-state index is -3.93. The lowest BCUT2D eigenvalue weighted by Crippen LogP contribution is -2.42. The number of carbonyl (C=O) groups is 1. The second-order valence-corrected chi connectivity index (χ2v) is 9.27. The number of aryl methyl sites for hydroxylation is 3. The second kappa shape index (κ2) is 8.71. The summed E-state index contributed by atoms with van der Waals surface area (Å²) in [5.41, 5.74) is 3.98. The Hall–Kier alpha value is -3.12. The fourth-order valence-corrected chi connectivity index (χ4v) is 4.73. The molecular weight excluding hydrogens is 396 g/mol. The van der Waals surface area contributed by atoms with Gasteiger partial charge in [-0.3, -0.25) is 9.10 Å². The molecule has 0 aliphatic carbocycles. The number of anilines is 2. The molecule has 6 heteroatoms. The van der Waals surface area contributed by atoms with Crippen molar-refractivity contribution in [2.24, 2.45) is 0 Å². The molecule has 156 valence electrons. The van der Waals surface area contributed by atoms with Crippen LogP contribution in [0.2, 0.25) is 0 Å². The molecule has 0 fully saturated rings. The van der Waals surface area contributed by atoms with Crippen molar-refractivity contribution < 1.29 is 13.2 Å². The lowest BCUT2D eigenvalue weighted by atomic mass is 10.1. The van der Waals surface area contributed by atoms with Crippen molar-refractivity contribution in [3.63, 3.8) is 0 Å². The summed E-state index contributed by atoms with van der Waals surface area (Å²) in [5, 5.41) is 0. The van der Waals surface area contributed by atoms with Crippen LogP contribution in [0.25, 0.3) is 0 Å². The van der Waals surface area contributed by atoms with Crippen molar-refractivity contribution in [1.29, 1.82) is 0 Å². The maximum absolute atomic E-state index is 13.5. The molecule has 0 aliphatic rings. The first-order valence-corrected chi connectivity index (χ1v) is 11.1. The summed E-state index contributed by atoms with van der Waals surface area (Å²) in [6, 6.07) is 21.4. The molecule has 0 saturated heterocycles. The lowest BCUT2D eigenvalue weighted by Gasteiger charge is -2.28. The lowest BCUT2D eigenvalue weighted by molar-refractivity contribution is -0.116. The van der Waals surface area contributed by atoms with E-state index in [1.807, 2.05) is 63.2 Å². The summed E-state index contributed by atoms with van der Waals surface area (Å²) in [6.45, 7) is 5.40. The number of hydrogen-bond donors (Lipinski definition) is 0. The molecule has 0 heterocycles. The molecule has 30 heavy (non-hydrogen) atoms. The minimum absolute atomic E-state index is 0.156. The van der Waals surface area contributed by atoms with Gasteiger partial charge < -0.3 is 4.90 Å². The molecule has 0 aromatic heterocycles. The Kier molecular flexibility index (Phi) is 6.27. The first-order chi connectivity index (χ1) is 14.2. The number of sulfonamides is 1. The monoisotopic (exact) mass is 422 g/mol. The number of rotatable bonds is 6. The Morgan fingerprint density at radius 2 is 1.43 bits per heavy atom. The van der Waals surface area contributed by atoms with Gasteiger partial charge in [0.05, 0.1) is 10.6 Å². The zero-order chi connectivity index (χ0) is 21.9. The zero-order valence-corrected chi connectivity index (χ0v) is 18.5. The summed E-state index contributed by atoms with van der Waals surface area (Å²) >= 11 is 0. The highest BCUT2D eigenvalue weighted by Gasteiger charge is 2.29. The van der Waals surface area contributed by atoms with Crippen LogP contribution in [0.15, 0.2) is 77.7 Å². The van der Waals surface area contributed by atoms with Crippen LogP contribution in [-0.4, -0.2) is 27.9 Å². The maximum Gasteiger partial charge on any atom is 0.264 e. The van der Waals surface area contributed by atoms with E-state index in [1.54, 1.807) is 37.4 Å². The van der Waals surface area contributed by atoms with Crippen LogP contribution in [0, 0.1) is 20.8 Å². The van der Waals surface area contributed by atoms with Crippen LogP contribution in [0.4, 0.5) is 11.4 Å². The van der Waals surface area contributed by atoms with Gasteiger partial charge in [0.25, 0.3) is 10.0 Å². The van der Waals surface area contributed by atoms with Crippen molar-refractivity contribution in [2.75, 3.05) is 22.8 Å². The summed E-state index contributed by atoms with van der Waals surface area (Å²) in [4.78, 5) is 14.7. The van der Waals surface area contributed by atoms with Crippen LogP contribution < -0.4 is 9.21 Å². The van der Waals surface area contributed by atoms with Crippen LogP contribution >= 0.6 is 0 Å². The highest BCUT2D eigenvalue weighted by molar-refractivity contribution is 7.92. The average Bonchev–Trinajstić information content (AvgIpc) is 2.72. The third kappa shape index (κ3) is 4.54. The van der Waals surface area contributed by atoms with E-state index in [-0.39, 0.29) is 17.3 Å². The van der Waals surface area contributed by atoms with E-state index in [1.165, 1.54) is 9.21 Å². The fourth-order valence-electron chi connectivity index (χ4n) is 3.25. The Morgan fingerprint density at radius 1 is 0.833 bits per heavy atom. The van der Waals surface area contributed by atoms with Gasteiger partial charge in [0, 0.05) is 12.7 Å². The summed E-state index contributed by atoms with van der Waals surface area (Å²) in [5.74, 6) is -0.322. The van der Waals surface area contributed by atoms with Crippen molar-refractivity contribution in [2.45, 2.75) is 25.7 Å². The molecule has 3 rings (SSSR count). The largest absolute Gasteiger partial charge is 0.314 e. The molecule has 0 radical (unpaired) electrons. The first-order valence-electron chi connectivity index (χ1n) is 9.68. The number of carbonyl (C=O) groups excluding carboxylic acids is 1. The summed E-state index contributed by atoms with van der Waals surface area (Å²) in [7, 11) is -2.28. The van der Waals surface area contributed by atoms with Crippen LogP contribution in [0.5, 0.6) is 0 Å². The van der Waals surface area contributed by atoms with Crippen molar-refractivity contribution in [1.82, 2.24) is 0 Å². The van der Waals surface area contributed by atoms with E-state index in [2.05, 4.69) is 0 Å². The first kappa shape index (κ1) is 21.6. The molecule has 0 bridgehead atoms. The standard InChI is InChI=1S/C24H26N2O3S/c1-18-10-13-22(14-11-18)30(28,29)26(23-15-12-19(2)16-20(23)3)17-24(27)25(4)21-8-6-5-7-9-21/h5-16H,17H2,1-4H3. The Balaban J connectivity index is 2.03. The zero-order valence-electron chi connectivity index (χ0n) is 17.7.